The molecule has 0 saturated heterocycles. The molecular formula is C26H26ClF3N2O. The molecule has 1 fully saturated rings. The fraction of sp³-hybridized carbons (Fsp3) is 0.346. The maximum absolute atomic E-state index is 13.5. The topological polar surface area (TPSA) is 25.2 Å². The van der Waals surface area contributed by atoms with E-state index in [0.29, 0.717) is 29.2 Å². The summed E-state index contributed by atoms with van der Waals surface area (Å²) in [4.78, 5) is 15.4. The van der Waals surface area contributed by atoms with Crippen molar-refractivity contribution in [3.63, 3.8) is 0 Å². The fourth-order valence-corrected chi connectivity index (χ4v) is 4.61. The summed E-state index contributed by atoms with van der Waals surface area (Å²) in [5.74, 6) is -0.0506. The number of hydrogen-bond donors (Lipinski definition) is 0. The molecule has 1 aliphatic carbocycles. The van der Waals surface area contributed by atoms with Crippen LogP contribution in [0.3, 0.4) is 0 Å². The van der Waals surface area contributed by atoms with E-state index >= 15 is 0 Å². The van der Waals surface area contributed by atoms with Gasteiger partial charge in [-0.3, -0.25) is 4.79 Å². The van der Waals surface area contributed by atoms with E-state index in [1.807, 2.05) is 27.8 Å². The first-order valence-corrected chi connectivity index (χ1v) is 11.6. The Balaban J connectivity index is 1.58. The van der Waals surface area contributed by atoms with Crippen molar-refractivity contribution >= 4 is 17.5 Å². The van der Waals surface area contributed by atoms with Crippen LogP contribution in [0.15, 0.2) is 66.9 Å². The van der Waals surface area contributed by atoms with Gasteiger partial charge >= 0.3 is 6.18 Å². The minimum absolute atomic E-state index is 0.0506. The van der Waals surface area contributed by atoms with Gasteiger partial charge in [0.25, 0.3) is 5.91 Å². The Morgan fingerprint density at radius 1 is 1.00 bits per heavy atom. The van der Waals surface area contributed by atoms with E-state index in [1.165, 1.54) is 18.6 Å². The Morgan fingerprint density at radius 2 is 1.73 bits per heavy atom. The third-order valence-electron chi connectivity index (χ3n) is 6.23. The van der Waals surface area contributed by atoms with Crippen molar-refractivity contribution in [1.29, 1.82) is 0 Å². The SMILES string of the molecule is O=C(c1ccc(Cl)cc1)N(Cc1cccn1Cc1cccc(C(F)(F)F)c1)C1CCCCC1. The van der Waals surface area contributed by atoms with E-state index in [0.717, 1.165) is 37.4 Å². The smallest absolute Gasteiger partial charge is 0.345 e. The van der Waals surface area contributed by atoms with Gasteiger partial charge in [0.05, 0.1) is 12.1 Å². The second kappa shape index (κ2) is 10.0. The van der Waals surface area contributed by atoms with Crippen LogP contribution in [-0.4, -0.2) is 21.4 Å². The summed E-state index contributed by atoms with van der Waals surface area (Å²) >= 11 is 6.00. The van der Waals surface area contributed by atoms with Crippen LogP contribution in [0, 0.1) is 0 Å². The molecule has 1 amide bonds. The first kappa shape index (κ1) is 23.4. The molecule has 174 valence electrons. The van der Waals surface area contributed by atoms with Gasteiger partial charge in [-0.25, -0.2) is 0 Å². The van der Waals surface area contributed by atoms with Crippen LogP contribution >= 0.6 is 11.6 Å². The van der Waals surface area contributed by atoms with Gasteiger partial charge < -0.3 is 9.47 Å². The summed E-state index contributed by atoms with van der Waals surface area (Å²) in [6.07, 6.45) is 2.72. The summed E-state index contributed by atoms with van der Waals surface area (Å²) in [5, 5.41) is 0.575. The molecule has 7 heteroatoms. The lowest BCUT2D eigenvalue weighted by Crippen LogP contribution is -2.41. The molecule has 33 heavy (non-hydrogen) atoms. The molecule has 0 aliphatic heterocycles. The minimum Gasteiger partial charge on any atom is -0.345 e. The van der Waals surface area contributed by atoms with Crippen LogP contribution in [0.2, 0.25) is 5.02 Å². The molecule has 3 nitrogen and oxygen atoms in total. The van der Waals surface area contributed by atoms with Crippen molar-refractivity contribution in [3.8, 4) is 0 Å². The molecule has 1 heterocycles. The van der Waals surface area contributed by atoms with Gasteiger partial charge in [0.2, 0.25) is 0 Å². The largest absolute Gasteiger partial charge is 0.416 e. The lowest BCUT2D eigenvalue weighted by molar-refractivity contribution is -0.137. The van der Waals surface area contributed by atoms with Crippen molar-refractivity contribution < 1.29 is 18.0 Å². The normalized spacial score (nSPS) is 14.9. The van der Waals surface area contributed by atoms with Crippen LogP contribution in [0.5, 0.6) is 0 Å². The average Bonchev–Trinajstić information content (AvgIpc) is 3.24. The molecule has 0 bridgehead atoms. The predicted octanol–water partition coefficient (Wildman–Crippen LogP) is 7.18. The third kappa shape index (κ3) is 5.80. The fourth-order valence-electron chi connectivity index (χ4n) is 4.48. The Bertz CT molecular complexity index is 1090. The zero-order chi connectivity index (χ0) is 23.4. The summed E-state index contributed by atoms with van der Waals surface area (Å²) in [6, 6.07) is 16.2. The molecule has 0 unspecified atom stereocenters. The van der Waals surface area contributed by atoms with Gasteiger partial charge in [-0.1, -0.05) is 43.0 Å². The second-order valence-corrected chi connectivity index (χ2v) is 8.99. The van der Waals surface area contributed by atoms with Crippen molar-refractivity contribution in [2.75, 3.05) is 0 Å². The number of carbonyl (C=O) groups excluding carboxylic acids is 1. The average molecular weight is 475 g/mol. The molecule has 1 aromatic heterocycles. The highest BCUT2D eigenvalue weighted by molar-refractivity contribution is 6.30. The Labute approximate surface area is 196 Å². The summed E-state index contributed by atoms with van der Waals surface area (Å²) in [6.45, 7) is 0.706. The van der Waals surface area contributed by atoms with Crippen LogP contribution < -0.4 is 0 Å². The molecule has 0 radical (unpaired) electrons. The summed E-state index contributed by atoms with van der Waals surface area (Å²) in [5.41, 5.74) is 1.38. The van der Waals surface area contributed by atoms with Crippen molar-refractivity contribution in [3.05, 3.63) is 94.3 Å². The number of benzene rings is 2. The highest BCUT2D eigenvalue weighted by atomic mass is 35.5. The molecule has 2 aromatic carbocycles. The Hall–Kier alpha value is -2.73. The molecule has 3 aromatic rings. The van der Waals surface area contributed by atoms with E-state index in [9.17, 15) is 18.0 Å². The zero-order valence-corrected chi connectivity index (χ0v) is 18.9. The van der Waals surface area contributed by atoms with E-state index in [1.54, 1.807) is 30.3 Å². The van der Waals surface area contributed by atoms with Gasteiger partial charge in [-0.15, -0.1) is 0 Å². The lowest BCUT2D eigenvalue weighted by Gasteiger charge is -2.35. The number of carbonyl (C=O) groups is 1. The Kier molecular flexibility index (Phi) is 7.13. The van der Waals surface area contributed by atoms with Crippen molar-refractivity contribution in [2.24, 2.45) is 0 Å². The molecule has 0 N–H and O–H groups in total. The van der Waals surface area contributed by atoms with Gasteiger partial charge in [-0.05, 0) is 66.9 Å². The number of alkyl halides is 3. The number of amides is 1. The molecule has 0 spiro atoms. The van der Waals surface area contributed by atoms with Gasteiger partial charge in [-0.2, -0.15) is 13.2 Å². The number of rotatable bonds is 6. The van der Waals surface area contributed by atoms with Crippen molar-refractivity contribution in [1.82, 2.24) is 9.47 Å². The van der Waals surface area contributed by atoms with Crippen LogP contribution in [0.25, 0.3) is 0 Å². The monoisotopic (exact) mass is 474 g/mol. The number of hydrogen-bond acceptors (Lipinski definition) is 1. The maximum Gasteiger partial charge on any atom is 0.416 e. The van der Waals surface area contributed by atoms with E-state index in [-0.39, 0.29) is 11.9 Å². The highest BCUT2D eigenvalue weighted by Gasteiger charge is 2.30. The number of nitrogens with zero attached hydrogens (tertiary/aromatic N) is 2. The number of halogens is 4. The van der Waals surface area contributed by atoms with E-state index in [2.05, 4.69) is 0 Å². The summed E-state index contributed by atoms with van der Waals surface area (Å²) in [7, 11) is 0. The summed E-state index contributed by atoms with van der Waals surface area (Å²) < 4.78 is 41.3. The second-order valence-electron chi connectivity index (χ2n) is 8.56. The molecule has 1 aliphatic rings. The predicted molar refractivity (Wildman–Crippen MR) is 123 cm³/mol. The van der Waals surface area contributed by atoms with Gasteiger partial charge in [0.1, 0.15) is 0 Å². The minimum atomic E-state index is -4.38. The first-order valence-electron chi connectivity index (χ1n) is 11.2. The standard InChI is InChI=1S/C26H26ClF3N2O/c27-22-13-11-20(12-14-22)25(33)32(23-8-2-1-3-9-23)18-24-10-5-15-31(24)17-19-6-4-7-21(16-19)26(28,29)30/h4-7,10-16,23H,1-3,8-9,17-18H2. The van der Waals surface area contributed by atoms with Gasteiger partial charge in [0, 0.05) is 35.1 Å². The quantitative estimate of drug-likeness (QED) is 0.371. The van der Waals surface area contributed by atoms with Crippen molar-refractivity contribution in [2.45, 2.75) is 57.4 Å². The number of aromatic nitrogens is 1. The third-order valence-corrected chi connectivity index (χ3v) is 6.48. The highest BCUT2D eigenvalue weighted by Crippen LogP contribution is 2.30. The zero-order valence-electron chi connectivity index (χ0n) is 18.2. The molecule has 4 rings (SSSR count). The first-order chi connectivity index (χ1) is 15.8. The molecule has 1 saturated carbocycles. The van der Waals surface area contributed by atoms with E-state index < -0.39 is 11.7 Å². The Morgan fingerprint density at radius 3 is 2.42 bits per heavy atom. The maximum atomic E-state index is 13.5. The van der Waals surface area contributed by atoms with Crippen LogP contribution in [-0.2, 0) is 19.3 Å². The molecular weight excluding hydrogens is 449 g/mol. The molecule has 0 atom stereocenters. The van der Waals surface area contributed by atoms with Crippen LogP contribution in [0.4, 0.5) is 13.2 Å². The van der Waals surface area contributed by atoms with E-state index in [4.69, 9.17) is 11.6 Å². The lowest BCUT2D eigenvalue weighted by atomic mass is 9.93. The van der Waals surface area contributed by atoms with Crippen LogP contribution in [0.1, 0.15) is 59.3 Å². The van der Waals surface area contributed by atoms with Gasteiger partial charge in [0.15, 0.2) is 0 Å².